The van der Waals surface area contributed by atoms with Crippen molar-refractivity contribution < 1.29 is 23.8 Å². The number of methoxy groups -OCH3 is 2. The fourth-order valence-electron chi connectivity index (χ4n) is 3.96. The molecule has 4 rings (SSSR count). The average Bonchev–Trinajstić information content (AvgIpc) is 3.29. The Hall–Kier alpha value is -2.87. The fraction of sp³-hybridized carbons (Fsp3) is 0.400. The Bertz CT molecular complexity index is 988. The van der Waals surface area contributed by atoms with Gasteiger partial charge in [0.15, 0.2) is 5.76 Å². The van der Waals surface area contributed by atoms with Gasteiger partial charge in [-0.1, -0.05) is 17.3 Å². The highest BCUT2D eigenvalue weighted by Crippen LogP contribution is 2.26. The number of aliphatic hydroxyl groups excluding tert-OH is 1. The maximum atomic E-state index is 10.4. The standard InChI is InChI=1S/C25H30N2O5/c1-29-20-8-6-18(7-9-20)24-14-19(27-32-24)13-22-10-11-23(28)25(31-22)16-26-15-17-4-3-5-21(12-17)30-2/h3-9,12,14,22-23,25-26,28H,10-11,13,15-16H2,1-2H3. The van der Waals surface area contributed by atoms with E-state index in [4.69, 9.17) is 18.7 Å². The molecule has 1 aliphatic rings. The molecule has 0 radical (unpaired) electrons. The second kappa shape index (κ2) is 10.6. The third-order valence-corrected chi connectivity index (χ3v) is 5.76. The van der Waals surface area contributed by atoms with Crippen LogP contribution in [-0.4, -0.2) is 49.3 Å². The van der Waals surface area contributed by atoms with Crippen LogP contribution in [0.2, 0.25) is 0 Å². The van der Waals surface area contributed by atoms with Crippen LogP contribution in [0.15, 0.2) is 59.1 Å². The topological polar surface area (TPSA) is 86.0 Å². The van der Waals surface area contributed by atoms with E-state index in [-0.39, 0.29) is 12.2 Å². The first kappa shape index (κ1) is 22.3. The van der Waals surface area contributed by atoms with Crippen molar-refractivity contribution >= 4 is 0 Å². The van der Waals surface area contributed by atoms with Crippen molar-refractivity contribution in [3.05, 3.63) is 65.9 Å². The van der Waals surface area contributed by atoms with E-state index in [1.807, 2.05) is 54.6 Å². The van der Waals surface area contributed by atoms with Gasteiger partial charge in [-0.2, -0.15) is 0 Å². The van der Waals surface area contributed by atoms with Gasteiger partial charge in [-0.15, -0.1) is 0 Å². The Labute approximate surface area is 188 Å². The molecule has 1 fully saturated rings. The smallest absolute Gasteiger partial charge is 0.167 e. The number of nitrogens with one attached hydrogen (secondary N) is 1. The molecule has 1 saturated heterocycles. The van der Waals surface area contributed by atoms with Gasteiger partial charge < -0.3 is 29.2 Å². The van der Waals surface area contributed by atoms with E-state index in [0.29, 0.717) is 25.9 Å². The lowest BCUT2D eigenvalue weighted by molar-refractivity contribution is -0.115. The predicted octanol–water partition coefficient (Wildman–Crippen LogP) is 3.60. The van der Waals surface area contributed by atoms with Crippen LogP contribution in [0.25, 0.3) is 11.3 Å². The number of hydrogen-bond acceptors (Lipinski definition) is 7. The molecule has 1 aliphatic heterocycles. The van der Waals surface area contributed by atoms with Crippen LogP contribution in [0, 0.1) is 0 Å². The summed E-state index contributed by atoms with van der Waals surface area (Å²) >= 11 is 0. The summed E-state index contributed by atoms with van der Waals surface area (Å²) in [6.07, 6.45) is 1.41. The van der Waals surface area contributed by atoms with Crippen molar-refractivity contribution in [1.82, 2.24) is 10.5 Å². The molecule has 0 amide bonds. The molecule has 0 spiro atoms. The Morgan fingerprint density at radius 2 is 1.84 bits per heavy atom. The Balaban J connectivity index is 1.29. The van der Waals surface area contributed by atoms with E-state index in [1.165, 1.54) is 0 Å². The van der Waals surface area contributed by atoms with Crippen LogP contribution in [0.3, 0.4) is 0 Å². The summed E-state index contributed by atoms with van der Waals surface area (Å²) in [5, 5.41) is 18.0. The zero-order valence-electron chi connectivity index (χ0n) is 18.5. The first-order chi connectivity index (χ1) is 15.6. The normalized spacial score (nSPS) is 20.8. The van der Waals surface area contributed by atoms with Gasteiger partial charge in [-0.05, 0) is 54.8 Å². The molecule has 3 atom stereocenters. The molecular formula is C25H30N2O5. The van der Waals surface area contributed by atoms with E-state index in [2.05, 4.69) is 10.5 Å². The van der Waals surface area contributed by atoms with Gasteiger partial charge in [0.2, 0.25) is 0 Å². The SMILES string of the molecule is COc1ccc(-c2cc(CC3CCC(O)C(CNCc4cccc(OC)c4)O3)no2)cc1. The lowest BCUT2D eigenvalue weighted by atomic mass is 9.98. The van der Waals surface area contributed by atoms with Gasteiger partial charge in [0.25, 0.3) is 0 Å². The molecule has 7 heteroatoms. The zero-order chi connectivity index (χ0) is 22.3. The van der Waals surface area contributed by atoms with E-state index < -0.39 is 6.10 Å². The van der Waals surface area contributed by atoms with Gasteiger partial charge in [-0.25, -0.2) is 0 Å². The molecule has 3 aromatic rings. The number of aromatic nitrogens is 1. The summed E-state index contributed by atoms with van der Waals surface area (Å²) in [6, 6.07) is 17.6. The van der Waals surface area contributed by atoms with Gasteiger partial charge in [0.05, 0.1) is 38.2 Å². The van der Waals surface area contributed by atoms with Crippen molar-refractivity contribution in [3.63, 3.8) is 0 Å². The predicted molar refractivity (Wildman–Crippen MR) is 121 cm³/mol. The van der Waals surface area contributed by atoms with Crippen LogP contribution >= 0.6 is 0 Å². The van der Waals surface area contributed by atoms with E-state index in [1.54, 1.807) is 14.2 Å². The van der Waals surface area contributed by atoms with E-state index >= 15 is 0 Å². The van der Waals surface area contributed by atoms with Crippen LogP contribution in [0.1, 0.15) is 24.1 Å². The molecule has 0 aliphatic carbocycles. The van der Waals surface area contributed by atoms with Crippen molar-refractivity contribution in [2.45, 2.75) is 44.1 Å². The molecule has 7 nitrogen and oxygen atoms in total. The average molecular weight is 439 g/mol. The molecule has 170 valence electrons. The lowest BCUT2D eigenvalue weighted by Gasteiger charge is -2.34. The minimum Gasteiger partial charge on any atom is -0.497 e. The largest absolute Gasteiger partial charge is 0.497 e. The highest BCUT2D eigenvalue weighted by Gasteiger charge is 2.30. The second-order valence-electron chi connectivity index (χ2n) is 8.04. The van der Waals surface area contributed by atoms with Crippen LogP contribution in [-0.2, 0) is 17.7 Å². The molecule has 0 saturated carbocycles. The second-order valence-corrected chi connectivity index (χ2v) is 8.04. The number of rotatable bonds is 9. The lowest BCUT2D eigenvalue weighted by Crippen LogP contribution is -2.45. The van der Waals surface area contributed by atoms with Gasteiger partial charge in [0, 0.05) is 31.1 Å². The third kappa shape index (κ3) is 5.68. The molecule has 2 heterocycles. The maximum Gasteiger partial charge on any atom is 0.167 e. The fourth-order valence-corrected chi connectivity index (χ4v) is 3.96. The summed E-state index contributed by atoms with van der Waals surface area (Å²) in [6.45, 7) is 1.26. The van der Waals surface area contributed by atoms with Crippen LogP contribution in [0.4, 0.5) is 0 Å². The molecule has 0 bridgehead atoms. The molecule has 32 heavy (non-hydrogen) atoms. The number of nitrogens with zero attached hydrogens (tertiary/aromatic N) is 1. The Kier molecular flexibility index (Phi) is 7.42. The number of aliphatic hydroxyl groups is 1. The maximum absolute atomic E-state index is 10.4. The number of ether oxygens (including phenoxy) is 3. The summed E-state index contributed by atoms with van der Waals surface area (Å²) < 4.78 is 22.2. The monoisotopic (exact) mass is 438 g/mol. The van der Waals surface area contributed by atoms with Crippen LogP contribution in [0.5, 0.6) is 11.5 Å². The zero-order valence-corrected chi connectivity index (χ0v) is 18.5. The summed E-state index contributed by atoms with van der Waals surface area (Å²) in [7, 11) is 3.30. The first-order valence-corrected chi connectivity index (χ1v) is 10.9. The Morgan fingerprint density at radius 3 is 2.62 bits per heavy atom. The summed E-state index contributed by atoms with van der Waals surface area (Å²) in [5.41, 5.74) is 2.92. The van der Waals surface area contributed by atoms with Crippen molar-refractivity contribution in [2.75, 3.05) is 20.8 Å². The molecular weight excluding hydrogens is 408 g/mol. The number of benzene rings is 2. The van der Waals surface area contributed by atoms with Gasteiger partial charge >= 0.3 is 0 Å². The van der Waals surface area contributed by atoms with Crippen molar-refractivity contribution in [3.8, 4) is 22.8 Å². The van der Waals surface area contributed by atoms with Crippen molar-refractivity contribution in [2.24, 2.45) is 0 Å². The van der Waals surface area contributed by atoms with Crippen LogP contribution < -0.4 is 14.8 Å². The molecule has 3 unspecified atom stereocenters. The molecule has 2 N–H and O–H groups in total. The van der Waals surface area contributed by atoms with E-state index in [9.17, 15) is 5.11 Å². The highest BCUT2D eigenvalue weighted by atomic mass is 16.5. The Morgan fingerprint density at radius 1 is 1.03 bits per heavy atom. The van der Waals surface area contributed by atoms with Gasteiger partial charge in [-0.3, -0.25) is 0 Å². The minimum absolute atomic E-state index is 0.00385. The molecule has 2 aromatic carbocycles. The summed E-state index contributed by atoms with van der Waals surface area (Å²) in [5.74, 6) is 2.35. The third-order valence-electron chi connectivity index (χ3n) is 5.76. The van der Waals surface area contributed by atoms with E-state index in [0.717, 1.165) is 40.5 Å². The van der Waals surface area contributed by atoms with Gasteiger partial charge in [0.1, 0.15) is 11.5 Å². The number of hydrogen-bond donors (Lipinski definition) is 2. The summed E-state index contributed by atoms with van der Waals surface area (Å²) in [4.78, 5) is 0. The molecule has 1 aromatic heterocycles. The first-order valence-electron chi connectivity index (χ1n) is 10.9. The van der Waals surface area contributed by atoms with Crippen molar-refractivity contribution in [1.29, 1.82) is 0 Å². The highest BCUT2D eigenvalue weighted by molar-refractivity contribution is 5.58. The quantitative estimate of drug-likeness (QED) is 0.528. The minimum atomic E-state index is -0.476.